The van der Waals surface area contributed by atoms with Crippen LogP contribution in [0.4, 0.5) is 5.82 Å². The summed E-state index contributed by atoms with van der Waals surface area (Å²) >= 11 is 0. The van der Waals surface area contributed by atoms with Gasteiger partial charge in [-0.2, -0.15) is 0 Å². The van der Waals surface area contributed by atoms with Crippen molar-refractivity contribution in [2.24, 2.45) is 11.8 Å². The van der Waals surface area contributed by atoms with Crippen molar-refractivity contribution in [2.45, 2.75) is 39.7 Å². The van der Waals surface area contributed by atoms with Gasteiger partial charge in [-0.05, 0) is 42.5 Å². The van der Waals surface area contributed by atoms with Crippen LogP contribution in [-0.2, 0) is 11.3 Å². The zero-order chi connectivity index (χ0) is 19.9. The van der Waals surface area contributed by atoms with Gasteiger partial charge in [-0.15, -0.1) is 0 Å². The molecule has 1 N–H and O–H groups in total. The molecule has 1 atom stereocenters. The number of Topliss-reactive ketones (excluding diaryl/α,β-unsaturated/α-hetero) is 1. The minimum Gasteiger partial charge on any atom is -0.366 e. The maximum absolute atomic E-state index is 12.8. The first-order valence-electron chi connectivity index (χ1n) is 9.93. The third-order valence-corrected chi connectivity index (χ3v) is 4.98. The summed E-state index contributed by atoms with van der Waals surface area (Å²) in [7, 11) is 0. The van der Waals surface area contributed by atoms with Crippen LogP contribution in [0, 0.1) is 11.8 Å². The van der Waals surface area contributed by atoms with Crippen molar-refractivity contribution in [1.29, 1.82) is 0 Å². The molecule has 148 valence electrons. The maximum Gasteiger partial charge on any atom is 0.255 e. The first-order valence-corrected chi connectivity index (χ1v) is 9.93. The number of pyridine rings is 2. The highest BCUT2D eigenvalue weighted by atomic mass is 16.2. The minimum atomic E-state index is -0.0478. The monoisotopic (exact) mass is 380 g/mol. The Labute approximate surface area is 166 Å². The second-order valence-electron chi connectivity index (χ2n) is 7.80. The lowest BCUT2D eigenvalue weighted by atomic mass is 9.89. The molecule has 2 aromatic rings. The lowest BCUT2D eigenvalue weighted by Crippen LogP contribution is -2.42. The second-order valence-corrected chi connectivity index (χ2v) is 7.80. The molecule has 1 aliphatic rings. The zero-order valence-corrected chi connectivity index (χ0v) is 16.6. The molecule has 0 bridgehead atoms. The van der Waals surface area contributed by atoms with Gasteiger partial charge in [-0.1, -0.05) is 19.9 Å². The molecule has 3 rings (SSSR count). The largest absolute Gasteiger partial charge is 0.366 e. The Kier molecular flexibility index (Phi) is 6.74. The van der Waals surface area contributed by atoms with E-state index in [9.17, 15) is 9.59 Å². The molecule has 28 heavy (non-hydrogen) atoms. The SMILES string of the molecule is CC(C)CC(=O)[C@H]1CCCN(C(=O)c2ccc(NCc3cccnc3)nc2)C1. The van der Waals surface area contributed by atoms with E-state index in [4.69, 9.17) is 0 Å². The lowest BCUT2D eigenvalue weighted by Gasteiger charge is -2.32. The van der Waals surface area contributed by atoms with E-state index in [-0.39, 0.29) is 17.6 Å². The molecule has 0 saturated carbocycles. The van der Waals surface area contributed by atoms with Gasteiger partial charge in [0.15, 0.2) is 0 Å². The third-order valence-electron chi connectivity index (χ3n) is 4.98. The number of ketones is 1. The van der Waals surface area contributed by atoms with Crippen LogP contribution in [0.25, 0.3) is 0 Å². The number of hydrogen-bond acceptors (Lipinski definition) is 5. The fraction of sp³-hybridized carbons (Fsp3) is 0.455. The van der Waals surface area contributed by atoms with Crippen LogP contribution >= 0.6 is 0 Å². The number of nitrogens with one attached hydrogen (secondary N) is 1. The van der Waals surface area contributed by atoms with Crippen LogP contribution in [0.2, 0.25) is 0 Å². The summed E-state index contributed by atoms with van der Waals surface area (Å²) in [6, 6.07) is 7.49. The molecular formula is C22H28N4O2. The average molecular weight is 380 g/mol. The predicted molar refractivity (Wildman–Crippen MR) is 109 cm³/mol. The van der Waals surface area contributed by atoms with Crippen LogP contribution in [-0.4, -0.2) is 39.6 Å². The minimum absolute atomic E-state index is 0.0338. The van der Waals surface area contributed by atoms with Gasteiger partial charge in [0.2, 0.25) is 0 Å². The maximum atomic E-state index is 12.8. The molecule has 6 heteroatoms. The van der Waals surface area contributed by atoms with E-state index in [1.807, 2.05) is 18.2 Å². The molecular weight excluding hydrogens is 352 g/mol. The number of piperidine rings is 1. The number of carbonyl (C=O) groups is 2. The predicted octanol–water partition coefficient (Wildman–Crippen LogP) is 3.56. The number of likely N-dealkylation sites (tertiary alicyclic amines) is 1. The van der Waals surface area contributed by atoms with Gasteiger partial charge >= 0.3 is 0 Å². The number of amides is 1. The van der Waals surface area contributed by atoms with Crippen LogP contribution in [0.3, 0.4) is 0 Å². The van der Waals surface area contributed by atoms with E-state index >= 15 is 0 Å². The van der Waals surface area contributed by atoms with Gasteiger partial charge < -0.3 is 10.2 Å². The summed E-state index contributed by atoms with van der Waals surface area (Å²) < 4.78 is 0. The van der Waals surface area contributed by atoms with Crippen molar-refractivity contribution in [3.63, 3.8) is 0 Å². The molecule has 1 aliphatic heterocycles. The van der Waals surface area contributed by atoms with E-state index < -0.39 is 0 Å². The molecule has 3 heterocycles. The van der Waals surface area contributed by atoms with Crippen molar-refractivity contribution in [2.75, 3.05) is 18.4 Å². The van der Waals surface area contributed by atoms with E-state index in [2.05, 4.69) is 29.1 Å². The third kappa shape index (κ3) is 5.38. The summed E-state index contributed by atoms with van der Waals surface area (Å²) in [5.41, 5.74) is 1.62. The van der Waals surface area contributed by atoms with Gasteiger partial charge in [0.25, 0.3) is 5.91 Å². The smallest absolute Gasteiger partial charge is 0.255 e. The molecule has 0 unspecified atom stereocenters. The van der Waals surface area contributed by atoms with Crippen molar-refractivity contribution in [3.8, 4) is 0 Å². The first kappa shape index (κ1) is 20.0. The zero-order valence-electron chi connectivity index (χ0n) is 16.6. The highest BCUT2D eigenvalue weighted by Crippen LogP contribution is 2.22. The van der Waals surface area contributed by atoms with Gasteiger partial charge in [-0.25, -0.2) is 4.98 Å². The summed E-state index contributed by atoms with van der Waals surface area (Å²) in [5, 5.41) is 3.23. The molecule has 0 radical (unpaired) electrons. The number of rotatable bonds is 7. The normalized spacial score (nSPS) is 16.8. The topological polar surface area (TPSA) is 75.2 Å². The Morgan fingerprint density at radius 3 is 2.79 bits per heavy atom. The van der Waals surface area contributed by atoms with Gasteiger partial charge in [-0.3, -0.25) is 14.6 Å². The molecule has 0 spiro atoms. The van der Waals surface area contributed by atoms with E-state index in [1.165, 1.54) is 0 Å². The fourth-order valence-electron chi connectivity index (χ4n) is 3.50. The van der Waals surface area contributed by atoms with Crippen LogP contribution in [0.5, 0.6) is 0 Å². The van der Waals surface area contributed by atoms with Gasteiger partial charge in [0, 0.05) is 50.6 Å². The number of anilines is 1. The Morgan fingerprint density at radius 2 is 2.11 bits per heavy atom. The summed E-state index contributed by atoms with van der Waals surface area (Å²) in [5.74, 6) is 1.26. The van der Waals surface area contributed by atoms with Crippen LogP contribution < -0.4 is 5.32 Å². The molecule has 1 fully saturated rings. The molecule has 0 aliphatic carbocycles. The van der Waals surface area contributed by atoms with E-state index in [0.29, 0.717) is 43.4 Å². The standard InChI is InChI=1S/C22H28N4O2/c1-16(2)11-20(27)19-6-4-10-26(15-19)22(28)18-7-8-21(25-14-18)24-13-17-5-3-9-23-12-17/h3,5,7-9,12,14,16,19H,4,6,10-11,13,15H2,1-2H3,(H,24,25)/t19-/m0/s1. The molecule has 0 aromatic carbocycles. The van der Waals surface area contributed by atoms with Crippen LogP contribution in [0.15, 0.2) is 42.9 Å². The van der Waals surface area contributed by atoms with Crippen molar-refractivity contribution in [1.82, 2.24) is 14.9 Å². The lowest BCUT2D eigenvalue weighted by molar-refractivity contribution is -0.124. The second kappa shape index (κ2) is 9.44. The van der Waals surface area contributed by atoms with Gasteiger partial charge in [0.1, 0.15) is 11.6 Å². The summed E-state index contributed by atoms with van der Waals surface area (Å²) in [4.78, 5) is 35.5. The number of hydrogen-bond donors (Lipinski definition) is 1. The summed E-state index contributed by atoms with van der Waals surface area (Å²) in [6.45, 7) is 5.95. The van der Waals surface area contributed by atoms with Crippen molar-refractivity contribution in [3.05, 3.63) is 54.0 Å². The first-order chi connectivity index (χ1) is 13.5. The Balaban J connectivity index is 1.57. The van der Waals surface area contributed by atoms with Crippen molar-refractivity contribution < 1.29 is 9.59 Å². The quantitative estimate of drug-likeness (QED) is 0.795. The van der Waals surface area contributed by atoms with E-state index in [0.717, 1.165) is 18.4 Å². The highest BCUT2D eigenvalue weighted by molar-refractivity contribution is 5.94. The molecule has 1 amide bonds. The Morgan fingerprint density at radius 1 is 1.25 bits per heavy atom. The Hall–Kier alpha value is -2.76. The molecule has 1 saturated heterocycles. The Bertz CT molecular complexity index is 790. The molecule has 6 nitrogen and oxygen atoms in total. The van der Waals surface area contributed by atoms with E-state index in [1.54, 1.807) is 29.6 Å². The summed E-state index contributed by atoms with van der Waals surface area (Å²) in [6.07, 6.45) is 7.49. The number of nitrogens with zero attached hydrogens (tertiary/aromatic N) is 3. The highest BCUT2D eigenvalue weighted by Gasteiger charge is 2.29. The fourth-order valence-corrected chi connectivity index (χ4v) is 3.50. The molecule has 2 aromatic heterocycles. The van der Waals surface area contributed by atoms with Gasteiger partial charge in [0.05, 0.1) is 5.56 Å². The van der Waals surface area contributed by atoms with Crippen LogP contribution in [0.1, 0.15) is 49.0 Å². The number of carbonyl (C=O) groups excluding carboxylic acids is 2. The average Bonchev–Trinajstić information content (AvgIpc) is 2.72. The number of aromatic nitrogens is 2. The van der Waals surface area contributed by atoms with Crippen molar-refractivity contribution >= 4 is 17.5 Å².